The van der Waals surface area contributed by atoms with Crippen LogP contribution >= 0.6 is 12.2 Å². The Bertz CT molecular complexity index is 275. The summed E-state index contributed by atoms with van der Waals surface area (Å²) >= 11 is 5.05. The Morgan fingerprint density at radius 1 is 1.50 bits per heavy atom. The third kappa shape index (κ3) is 4.13. The molecule has 0 aliphatic carbocycles. The van der Waals surface area contributed by atoms with Gasteiger partial charge in [-0.3, -0.25) is 0 Å². The second-order valence-corrected chi connectivity index (χ2v) is 3.23. The third-order valence-corrected chi connectivity index (χ3v) is 1.88. The standard InChI is InChI=1S/C9H14N4S/c1-2-5-10-9(14)11-7-8-4-3-6-12-13-8/h3-4,6H,2,5,7H2,1H3,(H2,10,11,14). The molecule has 0 radical (unpaired) electrons. The Balaban J connectivity index is 2.24. The molecule has 0 spiro atoms. The summed E-state index contributed by atoms with van der Waals surface area (Å²) in [4.78, 5) is 0. The molecule has 1 aromatic heterocycles. The van der Waals surface area contributed by atoms with Gasteiger partial charge in [0, 0.05) is 12.7 Å². The first-order valence-electron chi connectivity index (χ1n) is 4.61. The van der Waals surface area contributed by atoms with Gasteiger partial charge in [0.15, 0.2) is 5.11 Å². The zero-order valence-corrected chi connectivity index (χ0v) is 8.97. The lowest BCUT2D eigenvalue weighted by Crippen LogP contribution is -2.35. The van der Waals surface area contributed by atoms with E-state index >= 15 is 0 Å². The fourth-order valence-corrected chi connectivity index (χ4v) is 1.07. The van der Waals surface area contributed by atoms with Crippen LogP contribution in [-0.2, 0) is 6.54 Å². The van der Waals surface area contributed by atoms with Crippen LogP contribution in [0.1, 0.15) is 19.0 Å². The predicted molar refractivity (Wildman–Crippen MR) is 59.8 cm³/mol. The molecule has 4 nitrogen and oxygen atoms in total. The number of nitrogens with one attached hydrogen (secondary N) is 2. The zero-order chi connectivity index (χ0) is 10.2. The van der Waals surface area contributed by atoms with Gasteiger partial charge in [0.1, 0.15) is 0 Å². The van der Waals surface area contributed by atoms with Gasteiger partial charge in [0.05, 0.1) is 12.2 Å². The minimum absolute atomic E-state index is 0.614. The molecule has 0 saturated heterocycles. The number of rotatable bonds is 4. The molecule has 0 unspecified atom stereocenters. The van der Waals surface area contributed by atoms with Gasteiger partial charge in [0.2, 0.25) is 0 Å². The van der Waals surface area contributed by atoms with Crippen molar-refractivity contribution in [2.45, 2.75) is 19.9 Å². The van der Waals surface area contributed by atoms with Crippen LogP contribution in [0, 0.1) is 0 Å². The van der Waals surface area contributed by atoms with E-state index in [2.05, 4.69) is 27.8 Å². The maximum atomic E-state index is 5.05. The Morgan fingerprint density at radius 3 is 3.00 bits per heavy atom. The van der Waals surface area contributed by atoms with Crippen molar-refractivity contribution < 1.29 is 0 Å². The molecule has 1 heterocycles. The van der Waals surface area contributed by atoms with Crippen molar-refractivity contribution in [2.24, 2.45) is 0 Å². The zero-order valence-electron chi connectivity index (χ0n) is 8.16. The molecule has 0 atom stereocenters. The second kappa shape index (κ2) is 6.26. The smallest absolute Gasteiger partial charge is 0.166 e. The maximum absolute atomic E-state index is 5.05. The predicted octanol–water partition coefficient (Wildman–Crippen LogP) is 0.851. The molecule has 0 aromatic carbocycles. The molecule has 14 heavy (non-hydrogen) atoms. The summed E-state index contributed by atoms with van der Waals surface area (Å²) in [5.41, 5.74) is 0.883. The van der Waals surface area contributed by atoms with Crippen molar-refractivity contribution in [1.29, 1.82) is 0 Å². The van der Waals surface area contributed by atoms with Crippen molar-refractivity contribution in [3.05, 3.63) is 24.0 Å². The molecule has 0 bridgehead atoms. The van der Waals surface area contributed by atoms with Gasteiger partial charge in [-0.1, -0.05) is 6.92 Å². The van der Waals surface area contributed by atoms with Gasteiger partial charge in [-0.2, -0.15) is 10.2 Å². The Kier molecular flexibility index (Phi) is 4.85. The van der Waals surface area contributed by atoms with Crippen LogP contribution < -0.4 is 10.6 Å². The molecular weight excluding hydrogens is 196 g/mol. The summed E-state index contributed by atoms with van der Waals surface area (Å²) < 4.78 is 0. The van der Waals surface area contributed by atoms with Crippen LogP contribution in [0.5, 0.6) is 0 Å². The normalized spacial score (nSPS) is 9.50. The average molecular weight is 210 g/mol. The van der Waals surface area contributed by atoms with Crippen molar-refractivity contribution in [2.75, 3.05) is 6.54 Å². The van der Waals surface area contributed by atoms with E-state index in [9.17, 15) is 0 Å². The van der Waals surface area contributed by atoms with Crippen LogP contribution in [0.2, 0.25) is 0 Å². The van der Waals surface area contributed by atoms with E-state index in [1.807, 2.05) is 12.1 Å². The number of thiocarbonyl (C=S) groups is 1. The van der Waals surface area contributed by atoms with Crippen molar-refractivity contribution in [3.8, 4) is 0 Å². The first kappa shape index (κ1) is 10.8. The summed E-state index contributed by atoms with van der Waals surface area (Å²) in [5.74, 6) is 0. The SMILES string of the molecule is CCCNC(=S)NCc1cccnn1. The van der Waals surface area contributed by atoms with Gasteiger partial charge >= 0.3 is 0 Å². The third-order valence-electron chi connectivity index (χ3n) is 1.59. The largest absolute Gasteiger partial charge is 0.363 e. The first-order valence-corrected chi connectivity index (χ1v) is 5.02. The molecule has 5 heteroatoms. The summed E-state index contributed by atoms with van der Waals surface area (Å²) in [5, 5.41) is 14.5. The van der Waals surface area contributed by atoms with E-state index in [4.69, 9.17) is 12.2 Å². The van der Waals surface area contributed by atoms with E-state index < -0.39 is 0 Å². The number of nitrogens with zero attached hydrogens (tertiary/aromatic N) is 2. The number of hydrogen-bond donors (Lipinski definition) is 2. The average Bonchev–Trinajstić information content (AvgIpc) is 2.25. The number of aromatic nitrogens is 2. The molecule has 0 saturated carbocycles. The molecule has 0 aliphatic heterocycles. The minimum atomic E-state index is 0.614. The van der Waals surface area contributed by atoms with Gasteiger partial charge in [0.25, 0.3) is 0 Å². The Morgan fingerprint density at radius 2 is 2.36 bits per heavy atom. The maximum Gasteiger partial charge on any atom is 0.166 e. The summed E-state index contributed by atoms with van der Waals surface area (Å²) in [7, 11) is 0. The lowest BCUT2D eigenvalue weighted by atomic mass is 10.4. The quantitative estimate of drug-likeness (QED) is 0.722. The second-order valence-electron chi connectivity index (χ2n) is 2.82. The molecule has 0 fully saturated rings. The topological polar surface area (TPSA) is 49.8 Å². The monoisotopic (exact) mass is 210 g/mol. The molecule has 0 aliphatic rings. The Labute approximate surface area is 89.1 Å². The van der Waals surface area contributed by atoms with Crippen LogP contribution in [0.3, 0.4) is 0 Å². The molecular formula is C9H14N4S. The first-order chi connectivity index (χ1) is 6.83. The van der Waals surface area contributed by atoms with Gasteiger partial charge in [-0.25, -0.2) is 0 Å². The minimum Gasteiger partial charge on any atom is -0.363 e. The summed E-state index contributed by atoms with van der Waals surface area (Å²) in [6.07, 6.45) is 2.71. The number of hydrogen-bond acceptors (Lipinski definition) is 3. The van der Waals surface area contributed by atoms with Crippen molar-refractivity contribution in [3.63, 3.8) is 0 Å². The fourth-order valence-electron chi connectivity index (χ4n) is 0.900. The highest BCUT2D eigenvalue weighted by Gasteiger charge is 1.95. The van der Waals surface area contributed by atoms with Crippen LogP contribution in [0.4, 0.5) is 0 Å². The lowest BCUT2D eigenvalue weighted by molar-refractivity contribution is 0.778. The fraction of sp³-hybridized carbons (Fsp3) is 0.444. The van der Waals surface area contributed by atoms with Crippen LogP contribution in [0.25, 0.3) is 0 Å². The molecule has 76 valence electrons. The highest BCUT2D eigenvalue weighted by atomic mass is 32.1. The van der Waals surface area contributed by atoms with Gasteiger partial charge < -0.3 is 10.6 Å². The van der Waals surface area contributed by atoms with Crippen molar-refractivity contribution >= 4 is 17.3 Å². The molecule has 1 aromatic rings. The van der Waals surface area contributed by atoms with Crippen molar-refractivity contribution in [1.82, 2.24) is 20.8 Å². The summed E-state index contributed by atoms with van der Waals surface area (Å²) in [6.45, 7) is 3.61. The van der Waals surface area contributed by atoms with E-state index in [0.717, 1.165) is 18.7 Å². The van der Waals surface area contributed by atoms with E-state index in [0.29, 0.717) is 11.7 Å². The van der Waals surface area contributed by atoms with E-state index in [1.54, 1.807) is 6.20 Å². The van der Waals surface area contributed by atoms with Crippen LogP contribution in [-0.4, -0.2) is 21.9 Å². The summed E-state index contributed by atoms with van der Waals surface area (Å²) in [6, 6.07) is 3.76. The lowest BCUT2D eigenvalue weighted by Gasteiger charge is -2.08. The molecule has 1 rings (SSSR count). The van der Waals surface area contributed by atoms with E-state index in [-0.39, 0.29) is 0 Å². The van der Waals surface area contributed by atoms with Crippen LogP contribution in [0.15, 0.2) is 18.3 Å². The highest BCUT2D eigenvalue weighted by Crippen LogP contribution is 1.89. The molecule has 0 amide bonds. The van der Waals surface area contributed by atoms with E-state index in [1.165, 1.54) is 0 Å². The van der Waals surface area contributed by atoms with Gasteiger partial charge in [-0.15, -0.1) is 0 Å². The molecule has 2 N–H and O–H groups in total. The highest BCUT2D eigenvalue weighted by molar-refractivity contribution is 7.80. The van der Waals surface area contributed by atoms with Gasteiger partial charge in [-0.05, 0) is 30.8 Å². The Hall–Kier alpha value is -1.23.